The molecule has 0 aliphatic heterocycles. The van der Waals surface area contributed by atoms with Gasteiger partial charge in [-0.2, -0.15) is 0 Å². The average molecular weight is 814 g/mol. The summed E-state index contributed by atoms with van der Waals surface area (Å²) in [6.07, 6.45) is 0. The lowest BCUT2D eigenvalue weighted by Gasteiger charge is -2.35. The van der Waals surface area contributed by atoms with Gasteiger partial charge in [-0.15, -0.1) is 0 Å². The second-order valence-electron chi connectivity index (χ2n) is 16.8. The first-order valence-corrected chi connectivity index (χ1v) is 22.2. The Morgan fingerprint density at radius 2 is 0.750 bits per heavy atom. The Bertz CT molecular complexity index is 3440. The minimum absolute atomic E-state index is 0.516. The molecule has 0 spiro atoms. The third-order valence-electron chi connectivity index (χ3n) is 13.3. The molecule has 11 aromatic rings. The summed E-state index contributed by atoms with van der Waals surface area (Å²) >= 11 is 0. The van der Waals surface area contributed by atoms with Gasteiger partial charge in [0.2, 0.25) is 0 Å². The Hall–Kier alpha value is -8.26. The van der Waals surface area contributed by atoms with Crippen molar-refractivity contribution >= 4 is 38.6 Å². The molecule has 0 aromatic heterocycles. The van der Waals surface area contributed by atoms with Gasteiger partial charge in [-0.25, -0.2) is 0 Å². The summed E-state index contributed by atoms with van der Waals surface area (Å²) in [6, 6.07) is 95.9. The van der Waals surface area contributed by atoms with Crippen molar-refractivity contribution < 1.29 is 0 Å². The van der Waals surface area contributed by atoms with Crippen LogP contribution in [0.25, 0.3) is 66.1 Å². The van der Waals surface area contributed by atoms with E-state index >= 15 is 0 Å². The zero-order valence-corrected chi connectivity index (χ0v) is 35.3. The zero-order chi connectivity index (χ0) is 42.5. The van der Waals surface area contributed by atoms with E-state index in [2.05, 4.69) is 266 Å². The molecule has 0 unspecified atom stereocenters. The molecule has 12 rings (SSSR count). The fraction of sp³-hybridized carbons (Fsp3) is 0.0159. The van der Waals surface area contributed by atoms with Crippen LogP contribution in [0.15, 0.2) is 261 Å². The fourth-order valence-electron chi connectivity index (χ4n) is 10.4. The molecule has 0 fully saturated rings. The molecule has 0 saturated carbocycles. The Labute approximate surface area is 374 Å². The molecule has 0 heterocycles. The van der Waals surface area contributed by atoms with E-state index in [4.69, 9.17) is 0 Å². The van der Waals surface area contributed by atoms with Crippen molar-refractivity contribution in [3.8, 4) is 44.5 Å². The quantitative estimate of drug-likeness (QED) is 0.138. The summed E-state index contributed by atoms with van der Waals surface area (Å²) in [7, 11) is 0. The SMILES string of the molecule is c1ccc(-c2ccccc2-c2ccc(N(c3cccc(-c4ccc5c(ccc6ccccc65)c4)c3)c3ccc4c(c3)C(c3ccccc3)(c3ccccc3)c3ccccc3-4)cc2)cc1. The first kappa shape index (κ1) is 37.5. The van der Waals surface area contributed by atoms with Crippen LogP contribution in [0.2, 0.25) is 0 Å². The highest BCUT2D eigenvalue weighted by atomic mass is 15.1. The third-order valence-corrected chi connectivity index (χ3v) is 13.3. The van der Waals surface area contributed by atoms with Gasteiger partial charge in [0.05, 0.1) is 5.41 Å². The molecule has 0 N–H and O–H groups in total. The second-order valence-corrected chi connectivity index (χ2v) is 16.8. The number of hydrogen-bond donors (Lipinski definition) is 0. The molecule has 0 amide bonds. The smallest absolute Gasteiger partial charge is 0.0714 e. The van der Waals surface area contributed by atoms with Crippen LogP contribution in [-0.2, 0) is 5.41 Å². The molecule has 300 valence electrons. The van der Waals surface area contributed by atoms with Crippen LogP contribution in [0.1, 0.15) is 22.3 Å². The lowest BCUT2D eigenvalue weighted by molar-refractivity contribution is 0.768. The highest BCUT2D eigenvalue weighted by Gasteiger charge is 2.46. The van der Waals surface area contributed by atoms with Crippen molar-refractivity contribution in [2.24, 2.45) is 0 Å². The molecular formula is C63H43N. The van der Waals surface area contributed by atoms with Crippen LogP contribution in [0.4, 0.5) is 17.1 Å². The van der Waals surface area contributed by atoms with Crippen LogP contribution < -0.4 is 4.90 Å². The first-order chi connectivity index (χ1) is 31.7. The molecule has 1 heteroatoms. The third kappa shape index (κ3) is 6.16. The van der Waals surface area contributed by atoms with Gasteiger partial charge in [-0.1, -0.05) is 218 Å². The van der Waals surface area contributed by atoms with Crippen molar-refractivity contribution in [2.45, 2.75) is 5.41 Å². The number of rotatable bonds is 8. The normalized spacial score (nSPS) is 12.5. The van der Waals surface area contributed by atoms with Gasteiger partial charge in [0.25, 0.3) is 0 Å². The largest absolute Gasteiger partial charge is 0.310 e. The van der Waals surface area contributed by atoms with E-state index in [0.29, 0.717) is 0 Å². The Balaban J connectivity index is 1.05. The van der Waals surface area contributed by atoms with E-state index in [1.165, 1.54) is 88.3 Å². The van der Waals surface area contributed by atoms with Gasteiger partial charge in [0.15, 0.2) is 0 Å². The summed E-state index contributed by atoms with van der Waals surface area (Å²) < 4.78 is 0. The highest BCUT2D eigenvalue weighted by molar-refractivity contribution is 6.08. The Morgan fingerprint density at radius 3 is 1.48 bits per heavy atom. The summed E-state index contributed by atoms with van der Waals surface area (Å²) in [6.45, 7) is 0. The maximum atomic E-state index is 2.46. The maximum Gasteiger partial charge on any atom is 0.0714 e. The first-order valence-electron chi connectivity index (χ1n) is 22.2. The monoisotopic (exact) mass is 813 g/mol. The van der Waals surface area contributed by atoms with Crippen LogP contribution in [0.5, 0.6) is 0 Å². The molecule has 0 bridgehead atoms. The molecular weight excluding hydrogens is 771 g/mol. The number of anilines is 3. The number of nitrogens with zero attached hydrogens (tertiary/aromatic N) is 1. The minimum Gasteiger partial charge on any atom is -0.310 e. The predicted molar refractivity (Wildman–Crippen MR) is 270 cm³/mol. The second kappa shape index (κ2) is 15.6. The van der Waals surface area contributed by atoms with Crippen LogP contribution >= 0.6 is 0 Å². The van der Waals surface area contributed by atoms with Crippen molar-refractivity contribution in [1.29, 1.82) is 0 Å². The molecule has 1 aliphatic rings. The molecule has 0 saturated heterocycles. The van der Waals surface area contributed by atoms with Crippen molar-refractivity contribution in [3.63, 3.8) is 0 Å². The maximum absolute atomic E-state index is 2.46. The van der Waals surface area contributed by atoms with Crippen LogP contribution in [0, 0.1) is 0 Å². The lowest BCUT2D eigenvalue weighted by atomic mass is 9.67. The van der Waals surface area contributed by atoms with E-state index in [-0.39, 0.29) is 0 Å². The fourth-order valence-corrected chi connectivity index (χ4v) is 10.4. The summed E-state index contributed by atoms with van der Waals surface area (Å²) in [5, 5.41) is 5.05. The number of hydrogen-bond acceptors (Lipinski definition) is 1. The van der Waals surface area contributed by atoms with Gasteiger partial charge in [-0.05, 0) is 131 Å². The molecule has 0 radical (unpaired) electrons. The van der Waals surface area contributed by atoms with Gasteiger partial charge < -0.3 is 4.90 Å². The average Bonchev–Trinajstić information content (AvgIpc) is 3.68. The van der Waals surface area contributed by atoms with Crippen molar-refractivity contribution in [1.82, 2.24) is 0 Å². The minimum atomic E-state index is -0.516. The van der Waals surface area contributed by atoms with Crippen molar-refractivity contribution in [2.75, 3.05) is 4.90 Å². The van der Waals surface area contributed by atoms with Gasteiger partial charge in [0.1, 0.15) is 0 Å². The molecule has 1 nitrogen and oxygen atoms in total. The van der Waals surface area contributed by atoms with Gasteiger partial charge in [-0.3, -0.25) is 0 Å². The Kier molecular flexibility index (Phi) is 9.13. The standard InChI is InChI=1S/C63H43N/c1-4-17-44(18-5-1)55-27-12-13-28-57(55)46-33-36-52(37-34-46)64(53-25-16-20-47(42-53)48-35-39-58-49(41-48)32-31-45-19-10-11-26-56(45)58)54-38-40-60-59-29-14-15-30-61(59)63(62(60)43-54,50-21-6-2-7-22-50)51-23-8-3-9-24-51/h1-43H. The van der Waals surface area contributed by atoms with E-state index in [1.54, 1.807) is 0 Å². The number of fused-ring (bicyclic) bond motifs is 6. The lowest BCUT2D eigenvalue weighted by Crippen LogP contribution is -2.28. The highest BCUT2D eigenvalue weighted by Crippen LogP contribution is 2.57. The molecule has 1 aliphatic carbocycles. The summed E-state index contributed by atoms with van der Waals surface area (Å²) in [5.41, 5.74) is 17.6. The van der Waals surface area contributed by atoms with E-state index in [0.717, 1.165) is 17.1 Å². The van der Waals surface area contributed by atoms with Crippen LogP contribution in [-0.4, -0.2) is 0 Å². The van der Waals surface area contributed by atoms with Gasteiger partial charge >= 0.3 is 0 Å². The topological polar surface area (TPSA) is 3.24 Å². The zero-order valence-electron chi connectivity index (χ0n) is 35.3. The van der Waals surface area contributed by atoms with Crippen LogP contribution in [0.3, 0.4) is 0 Å². The van der Waals surface area contributed by atoms with Gasteiger partial charge in [0, 0.05) is 17.1 Å². The molecule has 64 heavy (non-hydrogen) atoms. The summed E-state index contributed by atoms with van der Waals surface area (Å²) in [4.78, 5) is 2.44. The Morgan fingerprint density at radius 1 is 0.250 bits per heavy atom. The molecule has 11 aromatic carbocycles. The van der Waals surface area contributed by atoms with Crippen molar-refractivity contribution in [3.05, 3.63) is 283 Å². The molecule has 0 atom stereocenters. The number of benzene rings is 11. The summed E-state index contributed by atoms with van der Waals surface area (Å²) in [5.74, 6) is 0. The van der Waals surface area contributed by atoms with E-state index in [1.807, 2.05) is 0 Å². The van der Waals surface area contributed by atoms with E-state index < -0.39 is 5.41 Å². The van der Waals surface area contributed by atoms with E-state index in [9.17, 15) is 0 Å². The predicted octanol–water partition coefficient (Wildman–Crippen LogP) is 16.8.